The van der Waals surface area contributed by atoms with Crippen molar-refractivity contribution in [2.45, 2.75) is 63.7 Å². The number of hydrogen-bond acceptors (Lipinski definition) is 4. The van der Waals surface area contributed by atoms with Crippen molar-refractivity contribution in [3.05, 3.63) is 29.0 Å². The first kappa shape index (κ1) is 17.5. The molecule has 1 aromatic rings. The fourth-order valence-corrected chi connectivity index (χ4v) is 4.33. The highest BCUT2D eigenvalue weighted by atomic mass is 35.5. The number of amides is 1. The Morgan fingerprint density at radius 2 is 2.21 bits per heavy atom. The van der Waals surface area contributed by atoms with E-state index in [1.165, 1.54) is 0 Å². The molecular formula is C18H25ClN2O3. The Hall–Kier alpha value is -1.33. The molecule has 1 saturated carbocycles. The van der Waals surface area contributed by atoms with Crippen LogP contribution in [0.1, 0.15) is 52.0 Å². The minimum absolute atomic E-state index is 0.0113. The predicted octanol–water partition coefficient (Wildman–Crippen LogP) is 3.73. The second kappa shape index (κ2) is 6.19. The highest BCUT2D eigenvalue weighted by Crippen LogP contribution is 2.49. The number of piperidine rings is 1. The van der Waals surface area contributed by atoms with Gasteiger partial charge < -0.3 is 14.7 Å². The van der Waals surface area contributed by atoms with Gasteiger partial charge >= 0.3 is 6.09 Å². The molecule has 24 heavy (non-hydrogen) atoms. The molecular weight excluding hydrogens is 328 g/mol. The fraction of sp³-hybridized carbons (Fsp3) is 0.667. The third-order valence-electron chi connectivity index (χ3n) is 4.97. The van der Waals surface area contributed by atoms with Crippen LogP contribution in [0.5, 0.6) is 0 Å². The lowest BCUT2D eigenvalue weighted by Crippen LogP contribution is -2.48. The van der Waals surface area contributed by atoms with Crippen LogP contribution in [0.4, 0.5) is 4.79 Å². The first-order chi connectivity index (χ1) is 11.2. The van der Waals surface area contributed by atoms with Crippen LogP contribution >= 0.6 is 11.6 Å². The van der Waals surface area contributed by atoms with E-state index in [-0.39, 0.29) is 18.1 Å². The van der Waals surface area contributed by atoms with Crippen molar-refractivity contribution in [3.63, 3.8) is 0 Å². The van der Waals surface area contributed by atoms with Crippen molar-refractivity contribution >= 4 is 17.7 Å². The third-order valence-corrected chi connectivity index (χ3v) is 5.27. The Kier molecular flexibility index (Phi) is 4.51. The van der Waals surface area contributed by atoms with E-state index in [0.29, 0.717) is 30.0 Å². The molecule has 1 amide bonds. The maximum absolute atomic E-state index is 12.6. The van der Waals surface area contributed by atoms with Gasteiger partial charge in [0.1, 0.15) is 5.60 Å². The van der Waals surface area contributed by atoms with Gasteiger partial charge in [-0.2, -0.15) is 0 Å². The second-order valence-electron chi connectivity index (χ2n) is 7.94. The number of likely N-dealkylation sites (tertiary alicyclic amines) is 1. The van der Waals surface area contributed by atoms with Gasteiger partial charge in [-0.15, -0.1) is 0 Å². The lowest BCUT2D eigenvalue weighted by molar-refractivity contribution is 0.00101. The quantitative estimate of drug-likeness (QED) is 0.836. The van der Waals surface area contributed by atoms with Crippen molar-refractivity contribution in [2.75, 3.05) is 6.54 Å². The van der Waals surface area contributed by atoms with Crippen LogP contribution in [0.3, 0.4) is 0 Å². The van der Waals surface area contributed by atoms with Crippen molar-refractivity contribution in [1.82, 2.24) is 9.88 Å². The molecule has 1 aliphatic carbocycles. The largest absolute Gasteiger partial charge is 0.444 e. The summed E-state index contributed by atoms with van der Waals surface area (Å²) in [6, 6.07) is 1.76. The number of pyridine rings is 1. The van der Waals surface area contributed by atoms with E-state index in [2.05, 4.69) is 4.98 Å². The lowest BCUT2D eigenvalue weighted by atomic mass is 9.90. The summed E-state index contributed by atoms with van der Waals surface area (Å²) in [7, 11) is 0. The number of carbonyl (C=O) groups excluding carboxylic acids is 1. The highest BCUT2D eigenvalue weighted by molar-refractivity contribution is 6.31. The van der Waals surface area contributed by atoms with Crippen molar-refractivity contribution in [3.8, 4) is 0 Å². The van der Waals surface area contributed by atoms with E-state index >= 15 is 0 Å². The third kappa shape index (κ3) is 3.38. The molecule has 1 aliphatic heterocycles. The molecule has 2 heterocycles. The zero-order valence-electron chi connectivity index (χ0n) is 14.5. The van der Waals surface area contributed by atoms with Crippen molar-refractivity contribution in [2.24, 2.45) is 5.92 Å². The Labute approximate surface area is 148 Å². The van der Waals surface area contributed by atoms with Gasteiger partial charge in [0.05, 0.1) is 10.6 Å². The topological polar surface area (TPSA) is 62.7 Å². The number of nitrogens with zero attached hydrogens (tertiary/aromatic N) is 2. The van der Waals surface area contributed by atoms with Crippen LogP contribution in [-0.4, -0.2) is 39.3 Å². The van der Waals surface area contributed by atoms with Crippen LogP contribution in [0.25, 0.3) is 0 Å². The number of fused-ring (bicyclic) bond motifs is 1. The summed E-state index contributed by atoms with van der Waals surface area (Å²) >= 11 is 6.25. The molecule has 0 aromatic carbocycles. The molecule has 2 aliphatic rings. The SMILES string of the molecule is CC(C)(C)OC(=O)N1CCCC2CC(O)(c3ccncc3Cl)CC21. The van der Waals surface area contributed by atoms with E-state index in [9.17, 15) is 9.90 Å². The number of rotatable bonds is 1. The Balaban J connectivity index is 1.83. The summed E-state index contributed by atoms with van der Waals surface area (Å²) in [6.45, 7) is 6.28. The molecule has 2 fully saturated rings. The van der Waals surface area contributed by atoms with Gasteiger partial charge in [0.25, 0.3) is 0 Å². The van der Waals surface area contributed by atoms with Crippen LogP contribution in [-0.2, 0) is 10.3 Å². The molecule has 1 saturated heterocycles. The molecule has 3 atom stereocenters. The van der Waals surface area contributed by atoms with Crippen LogP contribution in [0.15, 0.2) is 18.5 Å². The molecule has 1 N–H and O–H groups in total. The van der Waals surface area contributed by atoms with E-state index in [0.717, 1.165) is 12.8 Å². The van der Waals surface area contributed by atoms with Crippen molar-refractivity contribution < 1.29 is 14.6 Å². The highest BCUT2D eigenvalue weighted by Gasteiger charge is 2.50. The summed E-state index contributed by atoms with van der Waals surface area (Å²) in [4.78, 5) is 18.3. The monoisotopic (exact) mass is 352 g/mol. The first-order valence-electron chi connectivity index (χ1n) is 8.52. The number of aromatic nitrogens is 1. The summed E-state index contributed by atoms with van der Waals surface area (Å²) in [6.07, 6.45) is 5.95. The van der Waals surface area contributed by atoms with Gasteiger partial charge in [-0.25, -0.2) is 4.79 Å². The van der Waals surface area contributed by atoms with Crippen LogP contribution in [0, 0.1) is 5.92 Å². The summed E-state index contributed by atoms with van der Waals surface area (Å²) in [5, 5.41) is 11.7. The molecule has 132 valence electrons. The van der Waals surface area contributed by atoms with E-state index in [1.807, 2.05) is 20.8 Å². The van der Waals surface area contributed by atoms with Crippen LogP contribution < -0.4 is 0 Å². The molecule has 3 unspecified atom stereocenters. The van der Waals surface area contributed by atoms with Gasteiger partial charge in [0.15, 0.2) is 0 Å². The normalized spacial score (nSPS) is 30.1. The fourth-order valence-electron chi connectivity index (χ4n) is 4.03. The summed E-state index contributed by atoms with van der Waals surface area (Å²) < 4.78 is 5.55. The number of hydrogen-bond donors (Lipinski definition) is 1. The molecule has 1 aromatic heterocycles. The smallest absolute Gasteiger partial charge is 0.410 e. The van der Waals surface area contributed by atoms with E-state index < -0.39 is 11.2 Å². The van der Waals surface area contributed by atoms with Gasteiger partial charge in [0.2, 0.25) is 0 Å². The molecule has 0 spiro atoms. The van der Waals surface area contributed by atoms with Gasteiger partial charge in [-0.1, -0.05) is 11.6 Å². The minimum atomic E-state index is -1.01. The second-order valence-corrected chi connectivity index (χ2v) is 8.35. The van der Waals surface area contributed by atoms with Crippen molar-refractivity contribution in [1.29, 1.82) is 0 Å². The Morgan fingerprint density at radius 1 is 1.46 bits per heavy atom. The zero-order chi connectivity index (χ0) is 17.5. The average Bonchev–Trinajstić information content (AvgIpc) is 2.82. The first-order valence-corrected chi connectivity index (χ1v) is 8.89. The number of halogens is 1. The molecule has 5 nitrogen and oxygen atoms in total. The Bertz CT molecular complexity index is 631. The predicted molar refractivity (Wildman–Crippen MR) is 91.8 cm³/mol. The lowest BCUT2D eigenvalue weighted by Gasteiger charge is -2.38. The summed E-state index contributed by atoms with van der Waals surface area (Å²) in [5.41, 5.74) is -0.828. The van der Waals surface area contributed by atoms with Crippen LogP contribution in [0.2, 0.25) is 5.02 Å². The standard InChI is InChI=1S/C18H25ClN2O3/c1-17(2,3)24-16(22)21-8-4-5-12-9-18(23,10-15(12)21)13-6-7-20-11-14(13)19/h6-7,11-12,15,23H,4-5,8-10H2,1-3H3. The number of aliphatic hydroxyl groups is 1. The minimum Gasteiger partial charge on any atom is -0.444 e. The number of carbonyl (C=O) groups is 1. The molecule has 3 rings (SSSR count). The maximum Gasteiger partial charge on any atom is 0.410 e. The number of ether oxygens (including phenoxy) is 1. The molecule has 0 bridgehead atoms. The Morgan fingerprint density at radius 3 is 2.88 bits per heavy atom. The molecule has 0 radical (unpaired) electrons. The van der Waals surface area contributed by atoms with Gasteiger partial charge in [-0.3, -0.25) is 4.98 Å². The zero-order valence-corrected chi connectivity index (χ0v) is 15.2. The maximum atomic E-state index is 12.6. The average molecular weight is 353 g/mol. The van der Waals surface area contributed by atoms with Gasteiger partial charge in [0, 0.05) is 37.0 Å². The summed E-state index contributed by atoms with van der Waals surface area (Å²) in [5.74, 6) is 0.264. The van der Waals surface area contributed by atoms with E-state index in [1.54, 1.807) is 23.4 Å². The molecule has 6 heteroatoms. The van der Waals surface area contributed by atoms with Gasteiger partial charge in [-0.05, 0) is 52.0 Å². The van der Waals surface area contributed by atoms with E-state index in [4.69, 9.17) is 16.3 Å².